The third-order valence-electron chi connectivity index (χ3n) is 6.24. The first kappa shape index (κ1) is 19.9. The van der Waals surface area contributed by atoms with Gasteiger partial charge in [-0.1, -0.05) is 5.16 Å². The van der Waals surface area contributed by atoms with Crippen LogP contribution in [0.2, 0.25) is 0 Å². The highest BCUT2D eigenvalue weighted by molar-refractivity contribution is 5.95. The third-order valence-corrected chi connectivity index (χ3v) is 6.24. The number of benzene rings is 1. The standard InChI is InChI=1S/C22H29N3O4/c1-15-20(16(2)29-23-15)11-28-19-7-5-17(6-8-19)21(26)25-13-22(14-25)9-18(10-27-4)24(3)12-22/h5-8,18H,9-14H2,1-4H3. The van der Waals surface area contributed by atoms with Crippen molar-refractivity contribution >= 4 is 5.91 Å². The van der Waals surface area contributed by atoms with E-state index >= 15 is 0 Å². The Morgan fingerprint density at radius 3 is 2.59 bits per heavy atom. The first-order valence-electron chi connectivity index (χ1n) is 10.0. The summed E-state index contributed by atoms with van der Waals surface area (Å²) in [6, 6.07) is 7.82. The fourth-order valence-electron chi connectivity index (χ4n) is 4.63. The molecule has 1 aromatic carbocycles. The molecule has 7 nitrogen and oxygen atoms in total. The topological polar surface area (TPSA) is 68.0 Å². The van der Waals surface area contributed by atoms with Crippen molar-refractivity contribution in [3.05, 3.63) is 46.8 Å². The van der Waals surface area contributed by atoms with Gasteiger partial charge in [0, 0.05) is 43.8 Å². The van der Waals surface area contributed by atoms with Gasteiger partial charge in [0.2, 0.25) is 0 Å². The van der Waals surface area contributed by atoms with Gasteiger partial charge in [-0.15, -0.1) is 0 Å². The second-order valence-electron chi connectivity index (χ2n) is 8.51. The summed E-state index contributed by atoms with van der Waals surface area (Å²) in [7, 11) is 3.89. The van der Waals surface area contributed by atoms with Crippen LogP contribution in [0.1, 0.15) is 33.8 Å². The van der Waals surface area contributed by atoms with Gasteiger partial charge < -0.3 is 23.8 Å². The van der Waals surface area contributed by atoms with Crippen LogP contribution < -0.4 is 4.74 Å². The van der Waals surface area contributed by atoms with E-state index in [1.54, 1.807) is 7.11 Å². The minimum atomic E-state index is 0.0887. The Morgan fingerprint density at radius 2 is 1.97 bits per heavy atom. The summed E-state index contributed by atoms with van der Waals surface area (Å²) in [5, 5.41) is 3.94. The SMILES string of the molecule is COCC1CC2(CN(C(=O)c3ccc(OCc4c(C)noc4C)cc3)C2)CN1C. The Kier molecular flexibility index (Phi) is 5.36. The maximum atomic E-state index is 12.8. The molecule has 2 aromatic rings. The van der Waals surface area contributed by atoms with Crippen LogP contribution in [0.15, 0.2) is 28.8 Å². The minimum absolute atomic E-state index is 0.0887. The molecule has 1 atom stereocenters. The summed E-state index contributed by atoms with van der Waals surface area (Å²) >= 11 is 0. The molecule has 0 N–H and O–H groups in total. The molecule has 2 aliphatic rings. The molecule has 0 radical (unpaired) electrons. The number of rotatable bonds is 6. The number of amides is 1. The second-order valence-corrected chi connectivity index (χ2v) is 8.51. The van der Waals surface area contributed by atoms with Gasteiger partial charge in [0.15, 0.2) is 0 Å². The number of nitrogens with zero attached hydrogens (tertiary/aromatic N) is 3. The Balaban J connectivity index is 1.31. The predicted octanol–water partition coefficient (Wildman–Crippen LogP) is 2.66. The van der Waals surface area contributed by atoms with Gasteiger partial charge >= 0.3 is 0 Å². The zero-order chi connectivity index (χ0) is 20.6. The number of carbonyl (C=O) groups excluding carboxylic acids is 1. The zero-order valence-corrected chi connectivity index (χ0v) is 17.6. The van der Waals surface area contributed by atoms with Crippen LogP contribution in [0.5, 0.6) is 5.75 Å². The quantitative estimate of drug-likeness (QED) is 0.744. The molecule has 156 valence electrons. The van der Waals surface area contributed by atoms with E-state index in [0.717, 1.165) is 55.4 Å². The van der Waals surface area contributed by atoms with Crippen LogP contribution in [-0.4, -0.2) is 67.3 Å². The van der Waals surface area contributed by atoms with Gasteiger partial charge in [0.05, 0.1) is 17.9 Å². The maximum absolute atomic E-state index is 12.8. The van der Waals surface area contributed by atoms with E-state index in [2.05, 4.69) is 17.1 Å². The average molecular weight is 399 g/mol. The summed E-state index contributed by atoms with van der Waals surface area (Å²) in [5.74, 6) is 1.58. The number of hydrogen-bond donors (Lipinski definition) is 0. The van der Waals surface area contributed by atoms with E-state index in [1.165, 1.54) is 0 Å². The molecule has 29 heavy (non-hydrogen) atoms. The highest BCUT2D eigenvalue weighted by Crippen LogP contribution is 2.42. The number of methoxy groups -OCH3 is 1. The Labute approximate surface area is 171 Å². The molecule has 2 aliphatic heterocycles. The molecule has 7 heteroatoms. The molecule has 1 unspecified atom stereocenters. The number of carbonyl (C=O) groups is 1. The summed E-state index contributed by atoms with van der Waals surface area (Å²) in [5.41, 5.74) is 2.73. The first-order valence-corrected chi connectivity index (χ1v) is 10.0. The van der Waals surface area contributed by atoms with Crippen molar-refractivity contribution in [2.75, 3.05) is 40.4 Å². The van der Waals surface area contributed by atoms with Crippen LogP contribution in [-0.2, 0) is 11.3 Å². The fourth-order valence-corrected chi connectivity index (χ4v) is 4.63. The van der Waals surface area contributed by atoms with Crippen LogP contribution in [0.4, 0.5) is 0 Å². The Bertz CT molecular complexity index is 851. The lowest BCUT2D eigenvalue weighted by Gasteiger charge is -2.48. The van der Waals surface area contributed by atoms with Gasteiger partial charge in [-0.3, -0.25) is 4.79 Å². The van der Waals surface area contributed by atoms with E-state index in [4.69, 9.17) is 14.0 Å². The smallest absolute Gasteiger partial charge is 0.253 e. The molecule has 1 amide bonds. The van der Waals surface area contributed by atoms with Crippen molar-refractivity contribution in [2.45, 2.75) is 32.9 Å². The van der Waals surface area contributed by atoms with Gasteiger partial charge in [0.25, 0.3) is 5.91 Å². The Hall–Kier alpha value is -2.38. The molecule has 2 fully saturated rings. The average Bonchev–Trinajstić information content (AvgIpc) is 3.18. The number of likely N-dealkylation sites (tertiary alicyclic amines) is 2. The molecule has 3 heterocycles. The van der Waals surface area contributed by atoms with Crippen molar-refractivity contribution in [3.63, 3.8) is 0 Å². The normalized spacial score (nSPS) is 20.8. The zero-order valence-electron chi connectivity index (χ0n) is 17.6. The van der Waals surface area contributed by atoms with E-state index in [9.17, 15) is 4.79 Å². The van der Waals surface area contributed by atoms with Crippen molar-refractivity contribution < 1.29 is 18.8 Å². The van der Waals surface area contributed by atoms with E-state index < -0.39 is 0 Å². The molecule has 0 saturated carbocycles. The van der Waals surface area contributed by atoms with Crippen LogP contribution in [0, 0.1) is 19.3 Å². The molecular formula is C22H29N3O4. The number of ether oxygens (including phenoxy) is 2. The van der Waals surface area contributed by atoms with E-state index in [-0.39, 0.29) is 11.3 Å². The highest BCUT2D eigenvalue weighted by atomic mass is 16.5. The predicted molar refractivity (Wildman–Crippen MR) is 108 cm³/mol. The molecule has 4 rings (SSSR count). The van der Waals surface area contributed by atoms with Crippen molar-refractivity contribution in [3.8, 4) is 5.75 Å². The lowest BCUT2D eigenvalue weighted by atomic mass is 9.77. The summed E-state index contributed by atoms with van der Waals surface area (Å²) in [4.78, 5) is 17.1. The molecule has 1 aromatic heterocycles. The highest BCUT2D eigenvalue weighted by Gasteiger charge is 2.51. The maximum Gasteiger partial charge on any atom is 0.253 e. The number of aryl methyl sites for hydroxylation is 2. The molecule has 0 aliphatic carbocycles. The summed E-state index contributed by atoms with van der Waals surface area (Å²) < 4.78 is 16.3. The largest absolute Gasteiger partial charge is 0.489 e. The van der Waals surface area contributed by atoms with Crippen LogP contribution >= 0.6 is 0 Å². The molecule has 2 saturated heterocycles. The second kappa shape index (κ2) is 7.80. The lowest BCUT2D eigenvalue weighted by molar-refractivity contribution is 0.0112. The van der Waals surface area contributed by atoms with Gasteiger partial charge in [0.1, 0.15) is 18.1 Å². The third kappa shape index (κ3) is 3.89. The van der Waals surface area contributed by atoms with Gasteiger partial charge in [-0.05, 0) is 51.6 Å². The van der Waals surface area contributed by atoms with Crippen LogP contribution in [0.25, 0.3) is 0 Å². The van der Waals surface area contributed by atoms with Gasteiger partial charge in [-0.25, -0.2) is 0 Å². The summed E-state index contributed by atoms with van der Waals surface area (Å²) in [6.45, 7) is 7.60. The lowest BCUT2D eigenvalue weighted by Crippen LogP contribution is -2.59. The molecule has 1 spiro atoms. The first-order chi connectivity index (χ1) is 13.9. The molecule has 0 bridgehead atoms. The summed E-state index contributed by atoms with van der Waals surface area (Å²) in [6.07, 6.45) is 1.09. The van der Waals surface area contributed by atoms with Crippen molar-refractivity contribution in [1.29, 1.82) is 0 Å². The van der Waals surface area contributed by atoms with E-state index in [1.807, 2.05) is 43.0 Å². The van der Waals surface area contributed by atoms with Crippen molar-refractivity contribution in [1.82, 2.24) is 15.0 Å². The minimum Gasteiger partial charge on any atom is -0.489 e. The number of aromatic nitrogens is 1. The van der Waals surface area contributed by atoms with Crippen LogP contribution in [0.3, 0.4) is 0 Å². The fraction of sp³-hybridized carbons (Fsp3) is 0.545. The number of hydrogen-bond acceptors (Lipinski definition) is 6. The Morgan fingerprint density at radius 1 is 1.24 bits per heavy atom. The molecular weight excluding hydrogens is 370 g/mol. The monoisotopic (exact) mass is 399 g/mol. The van der Waals surface area contributed by atoms with Gasteiger partial charge in [-0.2, -0.15) is 0 Å². The number of likely N-dealkylation sites (N-methyl/N-ethyl adjacent to an activating group) is 1. The van der Waals surface area contributed by atoms with E-state index in [0.29, 0.717) is 18.2 Å². The van der Waals surface area contributed by atoms with Crippen molar-refractivity contribution in [2.24, 2.45) is 5.41 Å².